The molecule has 0 spiro atoms. The van der Waals surface area contributed by atoms with Crippen molar-refractivity contribution in [3.63, 3.8) is 0 Å². The Labute approximate surface area is 154 Å². The van der Waals surface area contributed by atoms with E-state index in [1.165, 1.54) is 11.8 Å². The summed E-state index contributed by atoms with van der Waals surface area (Å²) in [5.74, 6) is 0.346. The van der Waals surface area contributed by atoms with Gasteiger partial charge in [0.15, 0.2) is 0 Å². The van der Waals surface area contributed by atoms with Crippen molar-refractivity contribution < 1.29 is 4.79 Å². The van der Waals surface area contributed by atoms with Crippen molar-refractivity contribution in [2.45, 2.75) is 18.0 Å². The zero-order chi connectivity index (χ0) is 16.9. The number of nitrogens with one attached hydrogen (secondary N) is 1. The average molecular weight is 401 g/mol. The first-order valence-corrected chi connectivity index (χ1v) is 9.44. The van der Waals surface area contributed by atoms with E-state index in [9.17, 15) is 4.79 Å². The highest BCUT2D eigenvalue weighted by Gasteiger charge is 2.12. The number of hydrogen-bond donors (Lipinski definition) is 1. The molecule has 0 radical (unpaired) electrons. The Morgan fingerprint density at radius 1 is 1.12 bits per heavy atom. The van der Waals surface area contributed by atoms with Gasteiger partial charge in [0.25, 0.3) is 0 Å². The topological polar surface area (TPSA) is 42.0 Å². The van der Waals surface area contributed by atoms with Gasteiger partial charge in [-0.15, -0.1) is 0 Å². The number of para-hydroxylation sites is 1. The molecular weight excluding hydrogens is 384 g/mol. The van der Waals surface area contributed by atoms with Gasteiger partial charge in [-0.1, -0.05) is 70.2 Å². The van der Waals surface area contributed by atoms with E-state index >= 15 is 0 Å². The first-order valence-electron chi connectivity index (χ1n) is 7.66. The molecule has 1 aromatic heterocycles. The van der Waals surface area contributed by atoms with E-state index in [0.717, 1.165) is 26.0 Å². The molecular formula is C19H17BrN2OS. The van der Waals surface area contributed by atoms with Crippen LogP contribution in [0.25, 0.3) is 10.9 Å². The second-order valence-corrected chi connectivity index (χ2v) is 7.29. The van der Waals surface area contributed by atoms with E-state index in [4.69, 9.17) is 0 Å². The van der Waals surface area contributed by atoms with E-state index in [2.05, 4.69) is 26.2 Å². The van der Waals surface area contributed by atoms with Crippen LogP contribution in [0.4, 0.5) is 0 Å². The van der Waals surface area contributed by atoms with Crippen molar-refractivity contribution in [2.75, 3.05) is 5.75 Å². The fourth-order valence-corrected chi connectivity index (χ4v) is 3.77. The molecule has 0 unspecified atom stereocenters. The number of aromatic nitrogens is 1. The molecule has 0 saturated carbocycles. The Morgan fingerprint density at radius 3 is 2.71 bits per heavy atom. The Bertz CT molecular complexity index is 869. The van der Waals surface area contributed by atoms with Crippen LogP contribution in [0.1, 0.15) is 18.5 Å². The molecule has 0 bridgehead atoms. The van der Waals surface area contributed by atoms with Gasteiger partial charge >= 0.3 is 0 Å². The highest BCUT2D eigenvalue weighted by atomic mass is 79.9. The molecule has 0 aliphatic rings. The minimum atomic E-state index is -0.0433. The van der Waals surface area contributed by atoms with Crippen LogP contribution in [0.2, 0.25) is 0 Å². The maximum Gasteiger partial charge on any atom is 0.230 e. The fourth-order valence-electron chi connectivity index (χ4n) is 2.45. The molecule has 1 heterocycles. The highest BCUT2D eigenvalue weighted by molar-refractivity contribution is 9.10. The van der Waals surface area contributed by atoms with Gasteiger partial charge in [-0.05, 0) is 30.7 Å². The summed E-state index contributed by atoms with van der Waals surface area (Å²) < 4.78 is 1.00. The van der Waals surface area contributed by atoms with Crippen LogP contribution in [-0.2, 0) is 4.79 Å². The van der Waals surface area contributed by atoms with Crippen LogP contribution in [0.15, 0.2) is 70.2 Å². The highest BCUT2D eigenvalue weighted by Crippen LogP contribution is 2.23. The minimum Gasteiger partial charge on any atom is -0.349 e. The summed E-state index contributed by atoms with van der Waals surface area (Å²) in [7, 11) is 0. The number of carbonyl (C=O) groups excluding carboxylic acids is 1. The summed E-state index contributed by atoms with van der Waals surface area (Å²) in [5, 5.41) is 4.99. The molecule has 1 atom stereocenters. The molecule has 3 nitrogen and oxygen atoms in total. The smallest absolute Gasteiger partial charge is 0.230 e. The largest absolute Gasteiger partial charge is 0.349 e. The second-order valence-electron chi connectivity index (χ2n) is 5.44. The third kappa shape index (κ3) is 4.16. The zero-order valence-corrected chi connectivity index (χ0v) is 15.6. The molecule has 1 amide bonds. The number of carbonyl (C=O) groups is 1. The third-order valence-corrected chi connectivity index (χ3v) is 5.33. The van der Waals surface area contributed by atoms with Crippen molar-refractivity contribution in [1.29, 1.82) is 0 Å². The van der Waals surface area contributed by atoms with Crippen molar-refractivity contribution in [3.8, 4) is 0 Å². The number of benzene rings is 2. The van der Waals surface area contributed by atoms with Crippen LogP contribution in [0.3, 0.4) is 0 Å². The molecule has 2 aromatic carbocycles. The van der Waals surface area contributed by atoms with Crippen LogP contribution in [0, 0.1) is 0 Å². The van der Waals surface area contributed by atoms with Gasteiger partial charge < -0.3 is 5.32 Å². The summed E-state index contributed by atoms with van der Waals surface area (Å²) in [6, 6.07) is 19.8. The van der Waals surface area contributed by atoms with Crippen LogP contribution in [-0.4, -0.2) is 16.6 Å². The quantitative estimate of drug-likeness (QED) is 0.614. The van der Waals surface area contributed by atoms with E-state index in [0.29, 0.717) is 5.75 Å². The summed E-state index contributed by atoms with van der Waals surface area (Å²) in [6.45, 7) is 1.98. The standard InChI is InChI=1S/C19H17BrN2OS/c1-13(15-7-3-4-8-16(15)20)21-18(23)12-24-19-11-10-14-6-2-5-9-17(14)22-19/h2-11,13H,12H2,1H3,(H,21,23)/t13-/m0/s1. The number of amides is 1. The van der Waals surface area contributed by atoms with Crippen LogP contribution < -0.4 is 5.32 Å². The molecule has 3 aromatic rings. The van der Waals surface area contributed by atoms with Crippen LogP contribution in [0.5, 0.6) is 0 Å². The molecule has 0 aliphatic heterocycles. The van der Waals surface area contributed by atoms with Crippen molar-refractivity contribution in [3.05, 3.63) is 70.7 Å². The van der Waals surface area contributed by atoms with Crippen molar-refractivity contribution in [2.24, 2.45) is 0 Å². The number of rotatable bonds is 5. The van der Waals surface area contributed by atoms with Crippen molar-refractivity contribution in [1.82, 2.24) is 10.3 Å². The Balaban J connectivity index is 1.59. The second kappa shape index (κ2) is 7.81. The van der Waals surface area contributed by atoms with Gasteiger partial charge in [0.05, 0.1) is 22.3 Å². The monoisotopic (exact) mass is 400 g/mol. The molecule has 5 heteroatoms. The lowest BCUT2D eigenvalue weighted by Crippen LogP contribution is -2.28. The van der Waals surface area contributed by atoms with E-state index in [1.807, 2.05) is 67.6 Å². The fraction of sp³-hybridized carbons (Fsp3) is 0.158. The molecule has 0 aliphatic carbocycles. The Kier molecular flexibility index (Phi) is 5.53. The first kappa shape index (κ1) is 17.0. The Morgan fingerprint density at radius 2 is 1.88 bits per heavy atom. The third-order valence-electron chi connectivity index (χ3n) is 3.67. The normalized spacial score (nSPS) is 12.1. The van der Waals surface area contributed by atoms with E-state index in [1.54, 1.807) is 0 Å². The number of halogens is 1. The lowest BCUT2D eigenvalue weighted by atomic mass is 10.1. The van der Waals surface area contributed by atoms with E-state index in [-0.39, 0.29) is 11.9 Å². The number of thioether (sulfide) groups is 1. The number of fused-ring (bicyclic) bond motifs is 1. The lowest BCUT2D eigenvalue weighted by molar-refractivity contribution is -0.119. The molecule has 0 fully saturated rings. The summed E-state index contributed by atoms with van der Waals surface area (Å²) in [4.78, 5) is 16.8. The molecule has 0 saturated heterocycles. The predicted molar refractivity (Wildman–Crippen MR) is 103 cm³/mol. The molecule has 3 rings (SSSR count). The SMILES string of the molecule is C[C@H](NC(=O)CSc1ccc2ccccc2n1)c1ccccc1Br. The summed E-state index contributed by atoms with van der Waals surface area (Å²) >= 11 is 4.97. The van der Waals surface area contributed by atoms with Gasteiger partial charge in [0, 0.05) is 9.86 Å². The maximum atomic E-state index is 12.2. The van der Waals surface area contributed by atoms with Crippen molar-refractivity contribution >= 4 is 44.5 Å². The van der Waals surface area contributed by atoms with E-state index < -0.39 is 0 Å². The maximum absolute atomic E-state index is 12.2. The first-order chi connectivity index (χ1) is 11.6. The molecule has 24 heavy (non-hydrogen) atoms. The summed E-state index contributed by atoms with van der Waals surface area (Å²) in [5.41, 5.74) is 2.02. The van der Waals surface area contributed by atoms with Crippen LogP contribution >= 0.6 is 27.7 Å². The van der Waals surface area contributed by atoms with Gasteiger partial charge in [-0.25, -0.2) is 4.98 Å². The lowest BCUT2D eigenvalue weighted by Gasteiger charge is -2.15. The average Bonchev–Trinajstić information content (AvgIpc) is 2.60. The van der Waals surface area contributed by atoms with Gasteiger partial charge in [-0.3, -0.25) is 4.79 Å². The van der Waals surface area contributed by atoms with Gasteiger partial charge in [0.1, 0.15) is 0 Å². The number of hydrogen-bond acceptors (Lipinski definition) is 3. The Hall–Kier alpha value is -1.85. The number of nitrogens with zero attached hydrogens (tertiary/aromatic N) is 1. The minimum absolute atomic E-state index is 0.00166. The van der Waals surface area contributed by atoms with Gasteiger partial charge in [-0.2, -0.15) is 0 Å². The predicted octanol–water partition coefficient (Wildman–Crippen LogP) is 4.97. The number of pyridine rings is 1. The molecule has 1 N–H and O–H groups in total. The van der Waals surface area contributed by atoms with Gasteiger partial charge in [0.2, 0.25) is 5.91 Å². The zero-order valence-electron chi connectivity index (χ0n) is 13.2. The molecule has 122 valence electrons. The summed E-state index contributed by atoms with van der Waals surface area (Å²) in [6.07, 6.45) is 0.